The van der Waals surface area contributed by atoms with E-state index in [-0.39, 0.29) is 24.0 Å². The van der Waals surface area contributed by atoms with Crippen LogP contribution < -0.4 is 10.6 Å². The van der Waals surface area contributed by atoms with Crippen molar-refractivity contribution in [1.82, 2.24) is 25.4 Å². The summed E-state index contributed by atoms with van der Waals surface area (Å²) >= 11 is 0. The number of piperidine rings is 2. The smallest absolute Gasteiger partial charge is 0.208 e. The standard InChI is InChI=1S/C23H42N6O.HI/c1-5-6-11-28-14-9-21(10-15-28)27-23(24-4)25-16-20-7-12-29(13-8-20)17-22-26-18(2)19(3)30-22;/h20-21H,5-17H2,1-4H3,(H2,24,25,27);1H. The summed E-state index contributed by atoms with van der Waals surface area (Å²) < 4.78 is 5.74. The summed E-state index contributed by atoms with van der Waals surface area (Å²) in [5.41, 5.74) is 1.01. The van der Waals surface area contributed by atoms with Crippen LogP contribution in [0.5, 0.6) is 0 Å². The fourth-order valence-electron chi connectivity index (χ4n) is 4.46. The van der Waals surface area contributed by atoms with Crippen molar-refractivity contribution < 1.29 is 4.42 Å². The van der Waals surface area contributed by atoms with E-state index in [1.165, 1.54) is 58.2 Å². The quantitative estimate of drug-likeness (QED) is 0.296. The zero-order valence-electron chi connectivity index (χ0n) is 20.0. The Labute approximate surface area is 205 Å². The maximum Gasteiger partial charge on any atom is 0.208 e. The van der Waals surface area contributed by atoms with Gasteiger partial charge >= 0.3 is 0 Å². The molecule has 0 unspecified atom stereocenters. The molecule has 0 radical (unpaired) electrons. The minimum Gasteiger partial charge on any atom is -0.444 e. The Morgan fingerprint density at radius 2 is 1.77 bits per heavy atom. The summed E-state index contributed by atoms with van der Waals surface area (Å²) in [4.78, 5) is 14.0. The van der Waals surface area contributed by atoms with Crippen LogP contribution in [0.15, 0.2) is 9.41 Å². The summed E-state index contributed by atoms with van der Waals surface area (Å²) in [6.07, 6.45) is 7.44. The number of guanidine groups is 1. The molecular formula is C23H43IN6O. The van der Waals surface area contributed by atoms with Gasteiger partial charge in [0.1, 0.15) is 5.76 Å². The topological polar surface area (TPSA) is 68.9 Å². The van der Waals surface area contributed by atoms with E-state index in [0.29, 0.717) is 12.0 Å². The molecule has 0 amide bonds. The second-order valence-electron chi connectivity index (χ2n) is 9.04. The minimum atomic E-state index is 0. The van der Waals surface area contributed by atoms with E-state index in [1.54, 1.807) is 0 Å². The Morgan fingerprint density at radius 3 is 2.35 bits per heavy atom. The van der Waals surface area contributed by atoms with Crippen molar-refractivity contribution in [1.29, 1.82) is 0 Å². The molecule has 0 aliphatic carbocycles. The number of nitrogens with one attached hydrogen (secondary N) is 2. The average molecular weight is 547 g/mol. The molecule has 31 heavy (non-hydrogen) atoms. The molecule has 1 aromatic rings. The molecule has 178 valence electrons. The molecule has 0 aromatic carbocycles. The van der Waals surface area contributed by atoms with Crippen LogP contribution in [0.3, 0.4) is 0 Å². The lowest BCUT2D eigenvalue weighted by molar-refractivity contribution is 0.164. The maximum atomic E-state index is 5.74. The monoisotopic (exact) mass is 546 g/mol. The molecule has 2 aliphatic rings. The van der Waals surface area contributed by atoms with Gasteiger partial charge < -0.3 is 20.0 Å². The van der Waals surface area contributed by atoms with Gasteiger partial charge in [-0.1, -0.05) is 13.3 Å². The highest BCUT2D eigenvalue weighted by Gasteiger charge is 2.22. The van der Waals surface area contributed by atoms with E-state index in [1.807, 2.05) is 20.9 Å². The number of aromatic nitrogens is 1. The van der Waals surface area contributed by atoms with Crippen LogP contribution in [0.1, 0.15) is 62.8 Å². The van der Waals surface area contributed by atoms with Crippen molar-refractivity contribution in [3.8, 4) is 0 Å². The number of likely N-dealkylation sites (tertiary alicyclic amines) is 2. The van der Waals surface area contributed by atoms with Gasteiger partial charge in [0.2, 0.25) is 5.89 Å². The zero-order chi connectivity index (χ0) is 21.3. The predicted octanol–water partition coefficient (Wildman–Crippen LogP) is 3.55. The fourth-order valence-corrected chi connectivity index (χ4v) is 4.46. The summed E-state index contributed by atoms with van der Waals surface area (Å²) in [6, 6.07) is 0.545. The molecule has 0 atom stereocenters. The van der Waals surface area contributed by atoms with E-state index in [9.17, 15) is 0 Å². The predicted molar refractivity (Wildman–Crippen MR) is 138 cm³/mol. The van der Waals surface area contributed by atoms with Crippen LogP contribution in [0.4, 0.5) is 0 Å². The first-order valence-electron chi connectivity index (χ1n) is 11.9. The minimum absolute atomic E-state index is 0. The number of hydrogen-bond donors (Lipinski definition) is 2. The summed E-state index contributed by atoms with van der Waals surface area (Å²) in [5, 5.41) is 7.24. The highest BCUT2D eigenvalue weighted by molar-refractivity contribution is 14.0. The van der Waals surface area contributed by atoms with Gasteiger partial charge in [0.05, 0.1) is 12.2 Å². The third-order valence-electron chi connectivity index (χ3n) is 6.68. The molecule has 2 fully saturated rings. The zero-order valence-corrected chi connectivity index (χ0v) is 22.3. The Kier molecular flexibility index (Phi) is 11.6. The van der Waals surface area contributed by atoms with Gasteiger partial charge in [-0.05, 0) is 71.5 Å². The molecule has 8 heteroatoms. The molecule has 0 spiro atoms. The van der Waals surface area contributed by atoms with Gasteiger partial charge in [0.25, 0.3) is 0 Å². The van der Waals surface area contributed by atoms with E-state index in [0.717, 1.165) is 49.5 Å². The Morgan fingerprint density at radius 1 is 1.10 bits per heavy atom. The van der Waals surface area contributed by atoms with Crippen molar-refractivity contribution in [2.45, 2.75) is 71.9 Å². The second-order valence-corrected chi connectivity index (χ2v) is 9.04. The molecule has 2 N–H and O–H groups in total. The lowest BCUT2D eigenvalue weighted by atomic mass is 9.97. The van der Waals surface area contributed by atoms with Gasteiger partial charge in [-0.2, -0.15) is 0 Å². The van der Waals surface area contributed by atoms with Gasteiger partial charge in [-0.3, -0.25) is 9.89 Å². The number of rotatable bonds is 8. The van der Waals surface area contributed by atoms with Crippen molar-refractivity contribution in [3.05, 3.63) is 17.3 Å². The number of unbranched alkanes of at least 4 members (excludes halogenated alkanes) is 1. The lowest BCUT2D eigenvalue weighted by Crippen LogP contribution is -2.50. The maximum absolute atomic E-state index is 5.74. The van der Waals surface area contributed by atoms with E-state index in [2.05, 4.69) is 37.3 Å². The molecule has 1 aromatic heterocycles. The SMILES string of the molecule is CCCCN1CCC(NC(=NC)NCC2CCN(Cc3nc(C)c(C)o3)CC2)CC1.I. The first kappa shape index (κ1) is 26.4. The first-order chi connectivity index (χ1) is 14.6. The lowest BCUT2D eigenvalue weighted by Gasteiger charge is -2.34. The van der Waals surface area contributed by atoms with E-state index in [4.69, 9.17) is 4.42 Å². The Hall–Kier alpha value is -0.870. The van der Waals surface area contributed by atoms with Crippen molar-refractivity contribution in [2.24, 2.45) is 10.9 Å². The number of oxazole rings is 1. The molecule has 2 saturated heterocycles. The van der Waals surface area contributed by atoms with E-state index < -0.39 is 0 Å². The highest BCUT2D eigenvalue weighted by Crippen LogP contribution is 2.19. The summed E-state index contributed by atoms with van der Waals surface area (Å²) in [6.45, 7) is 14.0. The number of nitrogens with zero attached hydrogens (tertiary/aromatic N) is 4. The molecule has 3 heterocycles. The van der Waals surface area contributed by atoms with Gasteiger partial charge in [-0.25, -0.2) is 4.98 Å². The van der Waals surface area contributed by atoms with Gasteiger partial charge in [0, 0.05) is 32.7 Å². The summed E-state index contributed by atoms with van der Waals surface area (Å²) in [7, 11) is 1.88. The molecule has 7 nitrogen and oxygen atoms in total. The second kappa shape index (κ2) is 13.6. The van der Waals surface area contributed by atoms with Crippen LogP contribution in [0, 0.1) is 19.8 Å². The first-order valence-corrected chi connectivity index (χ1v) is 11.9. The van der Waals surface area contributed by atoms with Gasteiger partial charge in [-0.15, -0.1) is 24.0 Å². The van der Waals surface area contributed by atoms with Crippen molar-refractivity contribution in [3.63, 3.8) is 0 Å². The van der Waals surface area contributed by atoms with Crippen LogP contribution in [-0.4, -0.2) is 73.1 Å². The highest BCUT2D eigenvalue weighted by atomic mass is 127. The van der Waals surface area contributed by atoms with E-state index >= 15 is 0 Å². The molecular weight excluding hydrogens is 503 g/mol. The fraction of sp³-hybridized carbons (Fsp3) is 0.826. The third kappa shape index (κ3) is 8.53. The Balaban J connectivity index is 0.00000341. The molecule has 0 bridgehead atoms. The molecule has 0 saturated carbocycles. The molecule has 3 rings (SSSR count). The number of halogens is 1. The average Bonchev–Trinajstić information content (AvgIpc) is 3.08. The third-order valence-corrected chi connectivity index (χ3v) is 6.68. The Bertz CT molecular complexity index is 644. The summed E-state index contributed by atoms with van der Waals surface area (Å²) in [5.74, 6) is 3.46. The van der Waals surface area contributed by atoms with Crippen LogP contribution in [0.2, 0.25) is 0 Å². The number of aliphatic imine (C=N–C) groups is 1. The number of hydrogen-bond acceptors (Lipinski definition) is 5. The van der Waals surface area contributed by atoms with Crippen LogP contribution in [0.25, 0.3) is 0 Å². The van der Waals surface area contributed by atoms with Crippen LogP contribution >= 0.6 is 24.0 Å². The normalized spacial score (nSPS) is 19.9. The molecule has 2 aliphatic heterocycles. The van der Waals surface area contributed by atoms with Crippen molar-refractivity contribution in [2.75, 3.05) is 46.3 Å². The van der Waals surface area contributed by atoms with Crippen LogP contribution in [-0.2, 0) is 6.54 Å². The van der Waals surface area contributed by atoms with Gasteiger partial charge in [0.15, 0.2) is 5.96 Å². The largest absolute Gasteiger partial charge is 0.444 e. The number of aryl methyl sites for hydroxylation is 2. The van der Waals surface area contributed by atoms with Crippen molar-refractivity contribution >= 4 is 29.9 Å².